The lowest BCUT2D eigenvalue weighted by atomic mass is 10.3. The molecular formula is C8H5F2N3O. The standard InChI is InChI=1S/C8H5F2N3O/c9-6-2-1-5(3-7(6)10)14-8-4-11-13-12-8/h1-4H,(H,11,12,13). The number of aromatic nitrogens is 3. The van der Waals surface area contributed by atoms with Crippen LogP contribution in [0.15, 0.2) is 24.4 Å². The van der Waals surface area contributed by atoms with Gasteiger partial charge < -0.3 is 4.74 Å². The number of benzene rings is 1. The normalized spacial score (nSPS) is 10.1. The molecule has 0 aliphatic carbocycles. The highest BCUT2D eigenvalue weighted by Crippen LogP contribution is 2.20. The van der Waals surface area contributed by atoms with Crippen molar-refractivity contribution < 1.29 is 13.5 Å². The summed E-state index contributed by atoms with van der Waals surface area (Å²) in [6, 6.07) is 3.21. The SMILES string of the molecule is Fc1ccc(Oc2cn[nH]n2)cc1F. The number of hydrogen-bond donors (Lipinski definition) is 1. The van der Waals surface area contributed by atoms with Gasteiger partial charge in [-0.05, 0) is 12.1 Å². The van der Waals surface area contributed by atoms with Crippen molar-refractivity contribution in [1.29, 1.82) is 0 Å². The number of halogens is 2. The Morgan fingerprint density at radius 1 is 1.21 bits per heavy atom. The molecule has 0 bridgehead atoms. The summed E-state index contributed by atoms with van der Waals surface area (Å²) in [5, 5.41) is 9.40. The number of hydrogen-bond acceptors (Lipinski definition) is 3. The first kappa shape index (κ1) is 8.61. The first-order valence-electron chi connectivity index (χ1n) is 3.74. The van der Waals surface area contributed by atoms with Gasteiger partial charge in [0.2, 0.25) is 0 Å². The third-order valence-corrected chi connectivity index (χ3v) is 1.51. The summed E-state index contributed by atoms with van der Waals surface area (Å²) in [5.74, 6) is -1.53. The second-order valence-corrected chi connectivity index (χ2v) is 2.49. The molecule has 0 amide bonds. The second kappa shape index (κ2) is 3.41. The average molecular weight is 197 g/mol. The molecule has 0 radical (unpaired) electrons. The van der Waals surface area contributed by atoms with E-state index in [9.17, 15) is 8.78 Å². The highest BCUT2D eigenvalue weighted by Gasteiger charge is 2.04. The molecule has 0 saturated heterocycles. The zero-order chi connectivity index (χ0) is 9.97. The molecule has 0 aliphatic heterocycles. The lowest BCUT2D eigenvalue weighted by molar-refractivity contribution is 0.446. The second-order valence-electron chi connectivity index (χ2n) is 2.49. The van der Waals surface area contributed by atoms with Crippen LogP contribution in [-0.2, 0) is 0 Å². The Balaban J connectivity index is 2.22. The lowest BCUT2D eigenvalue weighted by Gasteiger charge is -2.00. The molecule has 4 nitrogen and oxygen atoms in total. The molecule has 0 atom stereocenters. The quantitative estimate of drug-likeness (QED) is 0.799. The van der Waals surface area contributed by atoms with Crippen molar-refractivity contribution in [3.05, 3.63) is 36.0 Å². The molecule has 0 unspecified atom stereocenters. The number of aromatic amines is 1. The van der Waals surface area contributed by atoms with E-state index in [4.69, 9.17) is 4.74 Å². The maximum Gasteiger partial charge on any atom is 0.258 e. The Morgan fingerprint density at radius 3 is 2.71 bits per heavy atom. The topological polar surface area (TPSA) is 50.8 Å². The van der Waals surface area contributed by atoms with Crippen LogP contribution in [0, 0.1) is 11.6 Å². The van der Waals surface area contributed by atoms with Crippen molar-refractivity contribution >= 4 is 0 Å². The molecule has 2 rings (SSSR count). The zero-order valence-electron chi connectivity index (χ0n) is 6.87. The van der Waals surface area contributed by atoms with E-state index in [1.54, 1.807) is 0 Å². The van der Waals surface area contributed by atoms with Gasteiger partial charge in [-0.15, -0.1) is 5.10 Å². The van der Waals surface area contributed by atoms with Crippen molar-refractivity contribution in [1.82, 2.24) is 15.4 Å². The molecule has 0 spiro atoms. The van der Waals surface area contributed by atoms with Gasteiger partial charge in [0.15, 0.2) is 11.6 Å². The molecule has 1 aromatic heterocycles. The molecule has 6 heteroatoms. The van der Waals surface area contributed by atoms with Crippen molar-refractivity contribution in [2.24, 2.45) is 0 Å². The van der Waals surface area contributed by atoms with Gasteiger partial charge in [0, 0.05) is 6.07 Å². The Bertz CT molecular complexity index is 430. The van der Waals surface area contributed by atoms with Gasteiger partial charge in [-0.1, -0.05) is 0 Å². The molecule has 1 N–H and O–H groups in total. The smallest absolute Gasteiger partial charge is 0.258 e. The van der Waals surface area contributed by atoms with E-state index in [2.05, 4.69) is 15.4 Å². The molecular weight excluding hydrogens is 192 g/mol. The highest BCUT2D eigenvalue weighted by molar-refractivity contribution is 5.26. The summed E-state index contributed by atoms with van der Waals surface area (Å²) in [7, 11) is 0. The van der Waals surface area contributed by atoms with Crippen molar-refractivity contribution in [2.45, 2.75) is 0 Å². The van der Waals surface area contributed by atoms with E-state index in [1.165, 1.54) is 12.3 Å². The molecule has 1 aromatic carbocycles. The van der Waals surface area contributed by atoms with Crippen LogP contribution in [0.1, 0.15) is 0 Å². The molecule has 0 fully saturated rings. The molecule has 0 aliphatic rings. The van der Waals surface area contributed by atoms with Crippen LogP contribution in [0.5, 0.6) is 11.6 Å². The maximum absolute atomic E-state index is 12.7. The minimum atomic E-state index is -0.967. The summed E-state index contributed by atoms with van der Waals surface area (Å²) in [4.78, 5) is 0. The van der Waals surface area contributed by atoms with E-state index < -0.39 is 11.6 Å². The van der Waals surface area contributed by atoms with Crippen LogP contribution in [0.4, 0.5) is 8.78 Å². The Morgan fingerprint density at radius 2 is 2.07 bits per heavy atom. The van der Waals surface area contributed by atoms with Crippen molar-refractivity contribution in [2.75, 3.05) is 0 Å². The number of nitrogens with zero attached hydrogens (tertiary/aromatic N) is 2. The number of nitrogens with one attached hydrogen (secondary N) is 1. The molecule has 72 valence electrons. The van der Waals surface area contributed by atoms with Crippen LogP contribution in [-0.4, -0.2) is 15.4 Å². The van der Waals surface area contributed by atoms with Gasteiger partial charge in [-0.3, -0.25) is 0 Å². The predicted octanol–water partition coefficient (Wildman–Crippen LogP) is 1.88. The fourth-order valence-electron chi connectivity index (χ4n) is 0.901. The predicted molar refractivity (Wildman–Crippen MR) is 42.8 cm³/mol. The third-order valence-electron chi connectivity index (χ3n) is 1.51. The van der Waals surface area contributed by atoms with Crippen molar-refractivity contribution in [3.63, 3.8) is 0 Å². The van der Waals surface area contributed by atoms with Gasteiger partial charge in [-0.25, -0.2) is 8.78 Å². The van der Waals surface area contributed by atoms with Crippen molar-refractivity contribution in [3.8, 4) is 11.6 Å². The minimum absolute atomic E-state index is 0.165. The van der Waals surface area contributed by atoms with E-state index >= 15 is 0 Å². The summed E-state index contributed by atoms with van der Waals surface area (Å²) in [6.45, 7) is 0. The Hall–Kier alpha value is -1.98. The van der Waals surface area contributed by atoms with Gasteiger partial charge in [0.1, 0.15) is 11.9 Å². The molecule has 0 saturated carbocycles. The van der Waals surface area contributed by atoms with Crippen LogP contribution < -0.4 is 4.74 Å². The maximum atomic E-state index is 12.7. The molecule has 14 heavy (non-hydrogen) atoms. The average Bonchev–Trinajstić information content (AvgIpc) is 2.64. The van der Waals surface area contributed by atoms with Crippen LogP contribution in [0.3, 0.4) is 0 Å². The fraction of sp³-hybridized carbons (Fsp3) is 0. The fourth-order valence-corrected chi connectivity index (χ4v) is 0.901. The largest absolute Gasteiger partial charge is 0.436 e. The first-order valence-corrected chi connectivity index (χ1v) is 3.74. The number of rotatable bonds is 2. The lowest BCUT2D eigenvalue weighted by Crippen LogP contribution is -1.88. The summed E-state index contributed by atoms with van der Waals surface area (Å²) >= 11 is 0. The minimum Gasteiger partial charge on any atom is -0.436 e. The van der Waals surface area contributed by atoms with E-state index in [0.29, 0.717) is 0 Å². The van der Waals surface area contributed by atoms with Gasteiger partial charge in [0.05, 0.1) is 0 Å². The van der Waals surface area contributed by atoms with Crippen LogP contribution >= 0.6 is 0 Å². The van der Waals surface area contributed by atoms with Crippen LogP contribution in [0.25, 0.3) is 0 Å². The van der Waals surface area contributed by atoms with Crippen LogP contribution in [0.2, 0.25) is 0 Å². The monoisotopic (exact) mass is 197 g/mol. The highest BCUT2D eigenvalue weighted by atomic mass is 19.2. The Labute approximate surface area is 77.5 Å². The van der Waals surface area contributed by atoms with Gasteiger partial charge >= 0.3 is 0 Å². The summed E-state index contributed by atoms with van der Waals surface area (Å²) < 4.78 is 30.3. The number of ether oxygens (including phenoxy) is 1. The molecule has 1 heterocycles. The third kappa shape index (κ3) is 1.68. The number of H-pyrrole nitrogens is 1. The van der Waals surface area contributed by atoms with E-state index in [0.717, 1.165) is 12.1 Å². The van der Waals surface area contributed by atoms with E-state index in [1.807, 2.05) is 0 Å². The Kier molecular flexibility index (Phi) is 2.10. The first-order chi connectivity index (χ1) is 6.75. The molecule has 2 aromatic rings. The van der Waals surface area contributed by atoms with Gasteiger partial charge in [0.25, 0.3) is 5.88 Å². The van der Waals surface area contributed by atoms with Gasteiger partial charge in [-0.2, -0.15) is 10.3 Å². The summed E-state index contributed by atoms with van der Waals surface area (Å²) in [5.41, 5.74) is 0. The zero-order valence-corrected chi connectivity index (χ0v) is 6.87. The summed E-state index contributed by atoms with van der Waals surface area (Å²) in [6.07, 6.45) is 1.32. The van der Waals surface area contributed by atoms with E-state index in [-0.39, 0.29) is 11.6 Å².